The van der Waals surface area contributed by atoms with Gasteiger partial charge in [0.15, 0.2) is 0 Å². The average molecular weight is 303 g/mol. The number of carbonyl (C=O) groups is 1. The molecule has 0 radical (unpaired) electrons. The molecular formula is C17H19ClN2O. The van der Waals surface area contributed by atoms with Crippen LogP contribution in [0.15, 0.2) is 48.5 Å². The van der Waals surface area contributed by atoms with Gasteiger partial charge in [-0.3, -0.25) is 4.79 Å². The first-order chi connectivity index (χ1) is 10.1. The Kier molecular flexibility index (Phi) is 5.64. The SMILES string of the molecule is CC(=O)Nc1ccc(Cl)cc1.c1ccc2c(c1)CCCN2. The smallest absolute Gasteiger partial charge is 0.221 e. The van der Waals surface area contributed by atoms with Crippen LogP contribution in [0, 0.1) is 0 Å². The molecule has 0 aliphatic carbocycles. The Bertz CT molecular complexity index is 571. The first-order valence-corrected chi connectivity index (χ1v) is 7.38. The van der Waals surface area contributed by atoms with Gasteiger partial charge in [0.1, 0.15) is 0 Å². The molecule has 2 N–H and O–H groups in total. The molecule has 0 saturated heterocycles. The molecule has 1 heterocycles. The van der Waals surface area contributed by atoms with E-state index in [2.05, 4.69) is 34.9 Å². The first kappa shape index (κ1) is 15.4. The molecule has 0 bridgehead atoms. The highest BCUT2D eigenvalue weighted by Gasteiger charge is 2.04. The van der Waals surface area contributed by atoms with Crippen LogP contribution in [0.3, 0.4) is 0 Å². The number of hydrogen-bond donors (Lipinski definition) is 2. The molecule has 0 saturated carbocycles. The molecule has 0 unspecified atom stereocenters. The van der Waals surface area contributed by atoms with Gasteiger partial charge in [-0.2, -0.15) is 0 Å². The van der Waals surface area contributed by atoms with Crippen molar-refractivity contribution in [3.05, 3.63) is 59.1 Å². The van der Waals surface area contributed by atoms with Gasteiger partial charge in [0.25, 0.3) is 0 Å². The number of nitrogens with one attached hydrogen (secondary N) is 2. The summed E-state index contributed by atoms with van der Waals surface area (Å²) in [6, 6.07) is 15.5. The maximum absolute atomic E-state index is 10.6. The molecule has 1 aliphatic rings. The van der Waals surface area contributed by atoms with Gasteiger partial charge in [0.2, 0.25) is 5.91 Å². The monoisotopic (exact) mass is 302 g/mol. The molecule has 0 atom stereocenters. The van der Waals surface area contributed by atoms with Crippen LogP contribution < -0.4 is 10.6 Å². The Balaban J connectivity index is 0.000000154. The van der Waals surface area contributed by atoms with E-state index in [9.17, 15) is 4.79 Å². The Morgan fingerprint density at radius 2 is 1.86 bits per heavy atom. The van der Waals surface area contributed by atoms with E-state index in [0.717, 1.165) is 12.2 Å². The minimum absolute atomic E-state index is 0.0766. The van der Waals surface area contributed by atoms with Crippen LogP contribution in [0.2, 0.25) is 5.02 Å². The highest BCUT2D eigenvalue weighted by atomic mass is 35.5. The van der Waals surface area contributed by atoms with E-state index in [-0.39, 0.29) is 5.91 Å². The molecule has 4 heteroatoms. The number of aryl methyl sites for hydroxylation is 1. The molecule has 0 fully saturated rings. The number of fused-ring (bicyclic) bond motifs is 1. The molecule has 1 aliphatic heterocycles. The van der Waals surface area contributed by atoms with Crippen LogP contribution in [0.1, 0.15) is 18.9 Å². The Hall–Kier alpha value is -2.00. The van der Waals surface area contributed by atoms with Gasteiger partial charge in [-0.15, -0.1) is 0 Å². The Labute approximate surface area is 130 Å². The number of anilines is 2. The predicted molar refractivity (Wildman–Crippen MR) is 89.0 cm³/mol. The van der Waals surface area contributed by atoms with Gasteiger partial charge >= 0.3 is 0 Å². The highest BCUT2D eigenvalue weighted by Crippen LogP contribution is 2.20. The van der Waals surface area contributed by atoms with Gasteiger partial charge in [0.05, 0.1) is 0 Å². The fourth-order valence-electron chi connectivity index (χ4n) is 2.15. The van der Waals surface area contributed by atoms with Crippen LogP contribution in [0.25, 0.3) is 0 Å². The number of carbonyl (C=O) groups excluding carboxylic acids is 1. The molecular weight excluding hydrogens is 284 g/mol. The summed E-state index contributed by atoms with van der Waals surface area (Å²) in [5.74, 6) is -0.0766. The third kappa shape index (κ3) is 5.12. The summed E-state index contributed by atoms with van der Waals surface area (Å²) in [5.41, 5.74) is 3.56. The lowest BCUT2D eigenvalue weighted by Gasteiger charge is -2.16. The quantitative estimate of drug-likeness (QED) is 0.822. The molecule has 21 heavy (non-hydrogen) atoms. The van der Waals surface area contributed by atoms with E-state index in [1.54, 1.807) is 24.3 Å². The average Bonchev–Trinajstić information content (AvgIpc) is 2.50. The number of rotatable bonds is 1. The maximum Gasteiger partial charge on any atom is 0.221 e. The second-order valence-corrected chi connectivity index (χ2v) is 5.31. The van der Waals surface area contributed by atoms with Crippen molar-refractivity contribution >= 4 is 28.9 Å². The third-order valence-electron chi connectivity index (χ3n) is 3.12. The van der Waals surface area contributed by atoms with E-state index in [1.807, 2.05) is 0 Å². The molecule has 3 nitrogen and oxygen atoms in total. The zero-order valence-electron chi connectivity index (χ0n) is 12.0. The van der Waals surface area contributed by atoms with Crippen molar-refractivity contribution in [3.8, 4) is 0 Å². The number of halogens is 1. The maximum atomic E-state index is 10.6. The summed E-state index contributed by atoms with van der Waals surface area (Å²) in [5, 5.41) is 6.66. The van der Waals surface area contributed by atoms with E-state index in [4.69, 9.17) is 11.6 Å². The van der Waals surface area contributed by atoms with Crippen LogP contribution in [-0.2, 0) is 11.2 Å². The lowest BCUT2D eigenvalue weighted by atomic mass is 10.0. The largest absolute Gasteiger partial charge is 0.385 e. The van der Waals surface area contributed by atoms with Crippen molar-refractivity contribution in [1.82, 2.24) is 0 Å². The van der Waals surface area contributed by atoms with Gasteiger partial charge in [-0.25, -0.2) is 0 Å². The minimum atomic E-state index is -0.0766. The summed E-state index contributed by atoms with van der Waals surface area (Å²) >= 11 is 5.64. The Morgan fingerprint density at radius 1 is 1.14 bits per heavy atom. The molecule has 2 aromatic rings. The van der Waals surface area contributed by atoms with Crippen molar-refractivity contribution in [2.45, 2.75) is 19.8 Å². The van der Waals surface area contributed by atoms with Crippen molar-refractivity contribution in [2.24, 2.45) is 0 Å². The van der Waals surface area contributed by atoms with Crippen LogP contribution in [0.5, 0.6) is 0 Å². The fourth-order valence-corrected chi connectivity index (χ4v) is 2.28. The molecule has 2 aromatic carbocycles. The molecule has 0 spiro atoms. The van der Waals surface area contributed by atoms with E-state index >= 15 is 0 Å². The van der Waals surface area contributed by atoms with Crippen molar-refractivity contribution in [3.63, 3.8) is 0 Å². The predicted octanol–water partition coefficient (Wildman–Crippen LogP) is 4.34. The van der Waals surface area contributed by atoms with Gasteiger partial charge < -0.3 is 10.6 Å². The second kappa shape index (κ2) is 7.70. The second-order valence-electron chi connectivity index (χ2n) is 4.88. The fraction of sp³-hybridized carbons (Fsp3) is 0.235. The standard InChI is InChI=1S/C9H11N.C8H8ClNO/c1-2-6-9-8(4-1)5-3-7-10-9;1-6(11)10-8-4-2-7(9)3-5-8/h1-2,4,6,10H,3,5,7H2;2-5H,1H3,(H,10,11). The molecule has 3 rings (SSSR count). The summed E-state index contributed by atoms with van der Waals surface area (Å²) in [6.07, 6.45) is 2.51. The molecule has 0 aromatic heterocycles. The number of amides is 1. The van der Waals surface area contributed by atoms with Crippen molar-refractivity contribution < 1.29 is 4.79 Å². The van der Waals surface area contributed by atoms with Crippen molar-refractivity contribution in [2.75, 3.05) is 17.2 Å². The molecule has 110 valence electrons. The summed E-state index contributed by atoms with van der Waals surface area (Å²) < 4.78 is 0. The van der Waals surface area contributed by atoms with Crippen LogP contribution in [-0.4, -0.2) is 12.5 Å². The van der Waals surface area contributed by atoms with Gasteiger partial charge in [-0.05, 0) is 48.7 Å². The summed E-state index contributed by atoms with van der Waals surface area (Å²) in [4.78, 5) is 10.6. The molecule has 1 amide bonds. The first-order valence-electron chi connectivity index (χ1n) is 7.00. The van der Waals surface area contributed by atoms with Crippen LogP contribution >= 0.6 is 11.6 Å². The van der Waals surface area contributed by atoms with E-state index in [1.165, 1.54) is 31.0 Å². The van der Waals surface area contributed by atoms with Gasteiger partial charge in [-0.1, -0.05) is 29.8 Å². The lowest BCUT2D eigenvalue weighted by Crippen LogP contribution is -2.10. The Morgan fingerprint density at radius 3 is 2.52 bits per heavy atom. The zero-order valence-corrected chi connectivity index (χ0v) is 12.8. The van der Waals surface area contributed by atoms with Crippen molar-refractivity contribution in [1.29, 1.82) is 0 Å². The van der Waals surface area contributed by atoms with Crippen LogP contribution in [0.4, 0.5) is 11.4 Å². The normalized spacial score (nSPS) is 12.3. The zero-order chi connectivity index (χ0) is 15.1. The highest BCUT2D eigenvalue weighted by molar-refractivity contribution is 6.30. The third-order valence-corrected chi connectivity index (χ3v) is 3.37. The number of para-hydroxylation sites is 1. The summed E-state index contributed by atoms with van der Waals surface area (Å²) in [6.45, 7) is 2.60. The topological polar surface area (TPSA) is 41.1 Å². The van der Waals surface area contributed by atoms with E-state index in [0.29, 0.717) is 5.02 Å². The lowest BCUT2D eigenvalue weighted by molar-refractivity contribution is -0.114. The summed E-state index contributed by atoms with van der Waals surface area (Å²) in [7, 11) is 0. The number of hydrogen-bond acceptors (Lipinski definition) is 2. The minimum Gasteiger partial charge on any atom is -0.385 e. The number of benzene rings is 2. The van der Waals surface area contributed by atoms with E-state index < -0.39 is 0 Å². The van der Waals surface area contributed by atoms with Gasteiger partial charge in [0, 0.05) is 29.9 Å².